The quantitative estimate of drug-likeness (QED) is 0.842. The molecule has 1 aliphatic rings. The molecule has 2 rings (SSSR count). The van der Waals surface area contributed by atoms with Gasteiger partial charge in [-0.15, -0.1) is 11.8 Å². The van der Waals surface area contributed by atoms with E-state index in [1.54, 1.807) is 16.7 Å². The molecule has 0 spiro atoms. The summed E-state index contributed by atoms with van der Waals surface area (Å²) >= 11 is 1.62. The van der Waals surface area contributed by atoms with E-state index in [4.69, 9.17) is 0 Å². The van der Waals surface area contributed by atoms with Gasteiger partial charge >= 0.3 is 0 Å². The van der Waals surface area contributed by atoms with Crippen molar-refractivity contribution in [3.8, 4) is 0 Å². The fraction of sp³-hybridized carbons (Fsp3) is 0.500. The summed E-state index contributed by atoms with van der Waals surface area (Å²) in [5.41, 5.74) is 1.87. The average Bonchev–Trinajstić information content (AvgIpc) is 3.03. The average molecular weight is 321 g/mol. The molecule has 5 nitrogen and oxygen atoms in total. The highest BCUT2D eigenvalue weighted by molar-refractivity contribution is 7.99. The lowest BCUT2D eigenvalue weighted by atomic mass is 10.1. The zero-order valence-electron chi connectivity index (χ0n) is 13.1. The molecule has 22 heavy (non-hydrogen) atoms. The number of thioether (sulfide) groups is 1. The molecule has 1 aromatic carbocycles. The minimum Gasteiger partial charge on any atom is -0.324 e. The zero-order chi connectivity index (χ0) is 15.9. The molecule has 0 aliphatic carbocycles. The van der Waals surface area contributed by atoms with E-state index in [1.807, 2.05) is 38.1 Å². The molecule has 1 aromatic rings. The van der Waals surface area contributed by atoms with E-state index in [0.717, 1.165) is 17.8 Å². The third kappa shape index (κ3) is 4.01. The first-order valence-electron chi connectivity index (χ1n) is 7.64. The van der Waals surface area contributed by atoms with Crippen LogP contribution in [0, 0.1) is 0 Å². The van der Waals surface area contributed by atoms with Gasteiger partial charge in [0.25, 0.3) is 0 Å². The lowest BCUT2D eigenvalue weighted by molar-refractivity contribution is -0.135. The van der Waals surface area contributed by atoms with Crippen LogP contribution in [0.1, 0.15) is 25.8 Å². The van der Waals surface area contributed by atoms with Crippen molar-refractivity contribution in [2.24, 2.45) is 0 Å². The topological polar surface area (TPSA) is 61.4 Å². The van der Waals surface area contributed by atoms with E-state index in [1.165, 1.54) is 0 Å². The van der Waals surface area contributed by atoms with Crippen LogP contribution in [0.2, 0.25) is 0 Å². The molecule has 1 unspecified atom stereocenters. The molecule has 6 heteroatoms. The summed E-state index contributed by atoms with van der Waals surface area (Å²) < 4.78 is 0. The van der Waals surface area contributed by atoms with E-state index >= 15 is 0 Å². The van der Waals surface area contributed by atoms with Crippen LogP contribution in [0.4, 0.5) is 5.69 Å². The summed E-state index contributed by atoms with van der Waals surface area (Å²) in [6.45, 7) is 5.46. The summed E-state index contributed by atoms with van der Waals surface area (Å²) in [4.78, 5) is 26.1. The van der Waals surface area contributed by atoms with Crippen molar-refractivity contribution in [3.05, 3.63) is 29.8 Å². The van der Waals surface area contributed by atoms with Crippen LogP contribution in [-0.2, 0) is 16.1 Å². The number of nitrogens with one attached hydrogen (secondary N) is 2. The number of carbonyl (C=O) groups is 2. The fourth-order valence-corrected chi connectivity index (χ4v) is 3.56. The predicted octanol–water partition coefficient (Wildman–Crippen LogP) is 2.05. The molecule has 2 amide bonds. The van der Waals surface area contributed by atoms with Crippen molar-refractivity contribution in [2.45, 2.75) is 32.9 Å². The lowest BCUT2D eigenvalue weighted by Gasteiger charge is -2.23. The van der Waals surface area contributed by atoms with Gasteiger partial charge < -0.3 is 15.5 Å². The second-order valence-electron chi connectivity index (χ2n) is 5.16. The van der Waals surface area contributed by atoms with Gasteiger partial charge in [0.1, 0.15) is 6.04 Å². The Labute approximate surface area is 135 Å². The minimum atomic E-state index is -0.371. The summed E-state index contributed by atoms with van der Waals surface area (Å²) in [7, 11) is 0. The smallest absolute Gasteiger partial charge is 0.248 e. The highest BCUT2D eigenvalue weighted by Crippen LogP contribution is 2.24. The summed E-state index contributed by atoms with van der Waals surface area (Å²) in [6.07, 6.45) is 0.432. The van der Waals surface area contributed by atoms with Gasteiger partial charge in [-0.3, -0.25) is 9.59 Å². The SMILES string of the molecule is CCNCc1ccccc1NC(=O)C1CSCN1C(=O)CC. The maximum absolute atomic E-state index is 12.5. The van der Waals surface area contributed by atoms with E-state index in [9.17, 15) is 9.59 Å². The maximum Gasteiger partial charge on any atom is 0.248 e. The molecule has 1 aliphatic heterocycles. The molecular formula is C16H23N3O2S. The number of anilines is 1. The number of rotatable bonds is 6. The number of para-hydroxylation sites is 1. The predicted molar refractivity (Wildman–Crippen MR) is 90.7 cm³/mol. The Morgan fingerprint density at radius 2 is 2.09 bits per heavy atom. The highest BCUT2D eigenvalue weighted by atomic mass is 32.2. The van der Waals surface area contributed by atoms with Crippen LogP contribution in [0.25, 0.3) is 0 Å². The molecule has 1 fully saturated rings. The van der Waals surface area contributed by atoms with Crippen LogP contribution in [0.5, 0.6) is 0 Å². The third-order valence-electron chi connectivity index (χ3n) is 3.65. The van der Waals surface area contributed by atoms with Crippen LogP contribution >= 0.6 is 11.8 Å². The Bertz CT molecular complexity index is 536. The Kier molecular flexibility index (Phi) is 6.27. The molecule has 2 N–H and O–H groups in total. The normalized spacial score (nSPS) is 17.5. The van der Waals surface area contributed by atoms with Crippen LogP contribution < -0.4 is 10.6 Å². The van der Waals surface area contributed by atoms with E-state index in [0.29, 0.717) is 24.6 Å². The zero-order valence-corrected chi connectivity index (χ0v) is 13.9. The Morgan fingerprint density at radius 1 is 1.32 bits per heavy atom. The molecule has 1 heterocycles. The molecule has 1 saturated heterocycles. The van der Waals surface area contributed by atoms with Crippen LogP contribution in [0.15, 0.2) is 24.3 Å². The van der Waals surface area contributed by atoms with Crippen LogP contribution in [0.3, 0.4) is 0 Å². The van der Waals surface area contributed by atoms with Gasteiger partial charge in [0, 0.05) is 24.4 Å². The summed E-state index contributed by atoms with van der Waals surface area (Å²) in [6, 6.07) is 7.39. The largest absolute Gasteiger partial charge is 0.324 e. The van der Waals surface area contributed by atoms with Gasteiger partial charge in [0.05, 0.1) is 5.88 Å². The van der Waals surface area contributed by atoms with Gasteiger partial charge in [-0.1, -0.05) is 32.0 Å². The van der Waals surface area contributed by atoms with E-state index in [-0.39, 0.29) is 17.9 Å². The van der Waals surface area contributed by atoms with Crippen molar-refractivity contribution in [3.63, 3.8) is 0 Å². The number of carbonyl (C=O) groups excluding carboxylic acids is 2. The number of hydrogen-bond acceptors (Lipinski definition) is 4. The number of hydrogen-bond donors (Lipinski definition) is 2. The van der Waals surface area contributed by atoms with Gasteiger partial charge in [-0.25, -0.2) is 0 Å². The van der Waals surface area contributed by atoms with E-state index in [2.05, 4.69) is 10.6 Å². The van der Waals surface area contributed by atoms with Crippen molar-refractivity contribution in [1.29, 1.82) is 0 Å². The molecule has 0 bridgehead atoms. The second kappa shape index (κ2) is 8.19. The Morgan fingerprint density at radius 3 is 2.82 bits per heavy atom. The first kappa shape index (κ1) is 16.8. The first-order valence-corrected chi connectivity index (χ1v) is 8.79. The second-order valence-corrected chi connectivity index (χ2v) is 6.16. The molecule has 120 valence electrons. The lowest BCUT2D eigenvalue weighted by Crippen LogP contribution is -2.44. The van der Waals surface area contributed by atoms with Gasteiger partial charge in [0.2, 0.25) is 11.8 Å². The van der Waals surface area contributed by atoms with Gasteiger partial charge in [0.15, 0.2) is 0 Å². The monoisotopic (exact) mass is 321 g/mol. The standard InChI is InChI=1S/C16H23N3O2S/c1-3-15(20)19-11-22-10-14(19)16(21)18-13-8-6-5-7-12(13)9-17-4-2/h5-8,14,17H,3-4,9-11H2,1-2H3,(H,18,21). The number of benzene rings is 1. The summed E-state index contributed by atoms with van der Waals surface area (Å²) in [5, 5.41) is 6.25. The highest BCUT2D eigenvalue weighted by Gasteiger charge is 2.33. The maximum atomic E-state index is 12.5. The molecule has 0 radical (unpaired) electrons. The number of amides is 2. The van der Waals surface area contributed by atoms with Crippen LogP contribution in [-0.4, -0.2) is 40.9 Å². The molecular weight excluding hydrogens is 298 g/mol. The summed E-state index contributed by atoms with van der Waals surface area (Å²) in [5.74, 6) is 1.19. The van der Waals surface area contributed by atoms with Crippen molar-refractivity contribution in [2.75, 3.05) is 23.5 Å². The van der Waals surface area contributed by atoms with Crippen molar-refractivity contribution >= 4 is 29.3 Å². The Hall–Kier alpha value is -1.53. The molecule has 1 atom stereocenters. The number of nitrogens with zero attached hydrogens (tertiary/aromatic N) is 1. The van der Waals surface area contributed by atoms with Gasteiger partial charge in [-0.2, -0.15) is 0 Å². The van der Waals surface area contributed by atoms with Crippen molar-refractivity contribution < 1.29 is 9.59 Å². The molecule has 0 saturated carbocycles. The van der Waals surface area contributed by atoms with E-state index < -0.39 is 0 Å². The minimum absolute atomic E-state index is 0.0334. The third-order valence-corrected chi connectivity index (χ3v) is 4.66. The van der Waals surface area contributed by atoms with Gasteiger partial charge in [-0.05, 0) is 18.2 Å². The Balaban J connectivity index is 2.07. The first-order chi connectivity index (χ1) is 10.7. The molecule has 0 aromatic heterocycles. The van der Waals surface area contributed by atoms with Crippen molar-refractivity contribution in [1.82, 2.24) is 10.2 Å². The fourth-order valence-electron chi connectivity index (χ4n) is 2.38.